The molecule has 8 aromatic carbocycles. The molecule has 1 unspecified atom stereocenters. The molecule has 1 aliphatic carbocycles. The lowest BCUT2D eigenvalue weighted by Gasteiger charge is -2.19. The number of nitrogens with zero attached hydrogens (tertiary/aromatic N) is 4. The largest absolute Gasteiger partial charge is 0.309 e. The van der Waals surface area contributed by atoms with Crippen molar-refractivity contribution in [1.29, 1.82) is 0 Å². The maximum atomic E-state index is 5.28. The van der Waals surface area contributed by atoms with E-state index in [1.54, 1.807) is 0 Å². The second kappa shape index (κ2) is 13.3. The fraction of sp³-hybridized carbons (Fsp3) is 0.0545. The predicted molar refractivity (Wildman–Crippen MR) is 247 cm³/mol. The van der Waals surface area contributed by atoms with E-state index in [-0.39, 0.29) is 0 Å². The molecule has 0 spiro atoms. The van der Waals surface area contributed by atoms with Crippen molar-refractivity contribution in [2.45, 2.75) is 19.3 Å². The van der Waals surface area contributed by atoms with E-state index < -0.39 is 0 Å². The second-order valence-corrected chi connectivity index (χ2v) is 15.8. The lowest BCUT2D eigenvalue weighted by atomic mass is 9.87. The minimum absolute atomic E-state index is 0.467. The number of hydrogen-bond acceptors (Lipinski definition) is 2. The van der Waals surface area contributed by atoms with Crippen molar-refractivity contribution in [1.82, 2.24) is 19.1 Å². The quantitative estimate of drug-likeness (QED) is 0.175. The summed E-state index contributed by atoms with van der Waals surface area (Å²) >= 11 is 0. The molecule has 0 bridgehead atoms. The van der Waals surface area contributed by atoms with Crippen molar-refractivity contribution in [2.24, 2.45) is 0 Å². The summed E-state index contributed by atoms with van der Waals surface area (Å²) in [5.74, 6) is 1.18. The van der Waals surface area contributed by atoms with Crippen LogP contribution < -0.4 is 0 Å². The molecule has 4 heteroatoms. The van der Waals surface area contributed by atoms with Crippen LogP contribution in [0.4, 0.5) is 0 Å². The Bertz CT molecular complexity index is 3480. The molecule has 3 aromatic heterocycles. The van der Waals surface area contributed by atoms with Crippen LogP contribution in [0.25, 0.3) is 106 Å². The zero-order valence-corrected chi connectivity index (χ0v) is 32.5. The summed E-state index contributed by atoms with van der Waals surface area (Å²) in [6.45, 7) is 2.31. The van der Waals surface area contributed by atoms with Crippen LogP contribution in [-0.2, 0) is 0 Å². The fourth-order valence-electron chi connectivity index (χ4n) is 9.53. The van der Waals surface area contributed by atoms with Gasteiger partial charge in [0.2, 0.25) is 0 Å². The Morgan fingerprint density at radius 3 is 2.02 bits per heavy atom. The third kappa shape index (κ3) is 5.30. The molecular weight excluding hydrogens is 717 g/mol. The van der Waals surface area contributed by atoms with Crippen molar-refractivity contribution >= 4 is 60.5 Å². The van der Waals surface area contributed by atoms with Gasteiger partial charge in [-0.15, -0.1) is 0 Å². The van der Waals surface area contributed by atoms with Crippen LogP contribution >= 0.6 is 0 Å². The van der Waals surface area contributed by atoms with Gasteiger partial charge in [0, 0.05) is 49.3 Å². The van der Waals surface area contributed by atoms with Crippen LogP contribution in [0.15, 0.2) is 188 Å². The summed E-state index contributed by atoms with van der Waals surface area (Å²) in [6.07, 6.45) is 5.57. The molecule has 0 N–H and O–H groups in total. The first-order chi connectivity index (χ1) is 29.2. The molecule has 1 aliphatic rings. The average molecular weight is 755 g/mol. The van der Waals surface area contributed by atoms with E-state index in [9.17, 15) is 0 Å². The average Bonchev–Trinajstić information content (AvgIpc) is 3.82. The molecule has 11 aromatic rings. The predicted octanol–water partition coefficient (Wildman–Crippen LogP) is 14.3. The normalized spacial score (nSPS) is 13.9. The third-order valence-electron chi connectivity index (χ3n) is 12.3. The van der Waals surface area contributed by atoms with E-state index >= 15 is 0 Å². The highest BCUT2D eigenvalue weighted by atomic mass is 15.0. The lowest BCUT2D eigenvalue weighted by molar-refractivity contribution is 0.772. The van der Waals surface area contributed by atoms with Gasteiger partial charge in [-0.25, -0.2) is 9.97 Å². The van der Waals surface area contributed by atoms with Gasteiger partial charge < -0.3 is 9.13 Å². The minimum Gasteiger partial charge on any atom is -0.309 e. The molecule has 278 valence electrons. The monoisotopic (exact) mass is 754 g/mol. The highest BCUT2D eigenvalue weighted by Crippen LogP contribution is 2.43. The van der Waals surface area contributed by atoms with Gasteiger partial charge in [0.1, 0.15) is 0 Å². The van der Waals surface area contributed by atoms with E-state index in [4.69, 9.17) is 9.97 Å². The van der Waals surface area contributed by atoms with Crippen molar-refractivity contribution in [2.75, 3.05) is 0 Å². The Labute approximate surface area is 342 Å². The van der Waals surface area contributed by atoms with Gasteiger partial charge in [0.25, 0.3) is 0 Å². The number of hydrogen-bond donors (Lipinski definition) is 0. The summed E-state index contributed by atoms with van der Waals surface area (Å²) in [4.78, 5) is 10.5. The topological polar surface area (TPSA) is 35.6 Å². The van der Waals surface area contributed by atoms with Crippen molar-refractivity contribution in [3.05, 3.63) is 199 Å². The molecule has 59 heavy (non-hydrogen) atoms. The van der Waals surface area contributed by atoms with Crippen LogP contribution in [0.3, 0.4) is 0 Å². The highest BCUT2D eigenvalue weighted by molar-refractivity contribution is 6.26. The first-order valence-corrected chi connectivity index (χ1v) is 20.5. The lowest BCUT2D eigenvalue weighted by Crippen LogP contribution is -2.01. The summed E-state index contributed by atoms with van der Waals surface area (Å²) in [6, 6.07) is 65.7. The van der Waals surface area contributed by atoms with E-state index in [2.05, 4.69) is 210 Å². The van der Waals surface area contributed by atoms with Crippen molar-refractivity contribution in [3.63, 3.8) is 0 Å². The van der Waals surface area contributed by atoms with Gasteiger partial charge in [-0.1, -0.05) is 146 Å². The molecule has 0 saturated carbocycles. The Kier molecular flexibility index (Phi) is 7.54. The standard InChI is InChI=1S/C55H38N4/c1-35-14-12-17-36-26-27-39(33-46(35)36)48-34-47(37-15-4-2-5-16-37)56-55(57-48)40-28-29-42-38(32-40)18-13-25-49(42)59-51-24-11-9-22-45(51)53-52(59)31-30-44-43-21-8-10-23-50(43)58(54(44)53)41-19-6-3-7-20-41/h2-13,15-35H,14H2,1H3. The Balaban J connectivity index is 1.06. The molecule has 12 rings (SSSR count). The summed E-state index contributed by atoms with van der Waals surface area (Å²) in [5, 5.41) is 7.28. The van der Waals surface area contributed by atoms with Gasteiger partial charge in [-0.3, -0.25) is 0 Å². The summed E-state index contributed by atoms with van der Waals surface area (Å²) < 4.78 is 4.90. The van der Waals surface area contributed by atoms with Gasteiger partial charge >= 0.3 is 0 Å². The summed E-state index contributed by atoms with van der Waals surface area (Å²) in [7, 11) is 0. The Morgan fingerprint density at radius 1 is 0.492 bits per heavy atom. The van der Waals surface area contributed by atoms with Gasteiger partial charge in [0.05, 0.1) is 39.1 Å². The highest BCUT2D eigenvalue weighted by Gasteiger charge is 2.22. The number of aromatic nitrogens is 4. The minimum atomic E-state index is 0.467. The van der Waals surface area contributed by atoms with Crippen LogP contribution in [0, 0.1) is 0 Å². The Morgan fingerprint density at radius 2 is 1.19 bits per heavy atom. The third-order valence-corrected chi connectivity index (χ3v) is 12.3. The van der Waals surface area contributed by atoms with Crippen LogP contribution in [0.2, 0.25) is 0 Å². The molecule has 1 atom stereocenters. The molecule has 0 radical (unpaired) electrons. The fourth-order valence-corrected chi connectivity index (χ4v) is 9.53. The van der Waals surface area contributed by atoms with Gasteiger partial charge in [0.15, 0.2) is 5.82 Å². The van der Waals surface area contributed by atoms with Crippen LogP contribution in [0.5, 0.6) is 0 Å². The molecule has 0 aliphatic heterocycles. The molecule has 0 amide bonds. The molecular formula is C55H38N4. The maximum absolute atomic E-state index is 5.28. The zero-order chi connectivity index (χ0) is 39.0. The first kappa shape index (κ1) is 33.6. The van der Waals surface area contributed by atoms with Crippen molar-refractivity contribution in [3.8, 4) is 45.3 Å². The van der Waals surface area contributed by atoms with E-state index in [0.29, 0.717) is 11.7 Å². The Hall–Kier alpha value is -7.56. The van der Waals surface area contributed by atoms with E-state index in [1.165, 1.54) is 60.1 Å². The van der Waals surface area contributed by atoms with Gasteiger partial charge in [-0.2, -0.15) is 0 Å². The number of para-hydroxylation sites is 3. The second-order valence-electron chi connectivity index (χ2n) is 15.8. The molecule has 0 fully saturated rings. The smallest absolute Gasteiger partial charge is 0.160 e. The van der Waals surface area contributed by atoms with Crippen LogP contribution in [-0.4, -0.2) is 19.1 Å². The van der Waals surface area contributed by atoms with E-state index in [1.807, 2.05) is 0 Å². The van der Waals surface area contributed by atoms with Crippen molar-refractivity contribution < 1.29 is 0 Å². The molecule has 4 nitrogen and oxygen atoms in total. The zero-order valence-electron chi connectivity index (χ0n) is 32.5. The molecule has 3 heterocycles. The molecule has 0 saturated heterocycles. The SMILES string of the molecule is CC1CC=Cc2ccc(-c3cc(-c4ccccc4)nc(-c4ccc5c(-n6c7ccccc7c7c6ccc6c8ccccc8n(-c8ccccc8)c67)cccc5c4)n3)cc21. The van der Waals surface area contributed by atoms with Gasteiger partial charge in [-0.05, 0) is 83.4 Å². The van der Waals surface area contributed by atoms with Crippen LogP contribution in [0.1, 0.15) is 30.4 Å². The number of allylic oxidation sites excluding steroid dienone is 1. The number of rotatable bonds is 5. The first-order valence-electron chi connectivity index (χ1n) is 20.5. The summed E-state index contributed by atoms with van der Waals surface area (Å²) in [5.41, 5.74) is 14.7. The number of benzene rings is 8. The maximum Gasteiger partial charge on any atom is 0.160 e. The number of fused-ring (bicyclic) bond motifs is 9. The van der Waals surface area contributed by atoms with E-state index in [0.717, 1.165) is 51.3 Å².